The Hall–Kier alpha value is -0.230. The van der Waals surface area contributed by atoms with Gasteiger partial charge in [-0.25, -0.2) is 9.97 Å². The van der Waals surface area contributed by atoms with Crippen LogP contribution in [0.4, 0.5) is 0 Å². The van der Waals surface area contributed by atoms with Gasteiger partial charge in [-0.15, -0.1) is 0 Å². The third-order valence-electron chi connectivity index (χ3n) is 3.34. The third-order valence-corrected chi connectivity index (χ3v) is 4.33. The lowest BCUT2D eigenvalue weighted by Crippen LogP contribution is -2.09. The van der Waals surface area contributed by atoms with Gasteiger partial charge in [0, 0.05) is 13.2 Å². The van der Waals surface area contributed by atoms with Crippen molar-refractivity contribution >= 4 is 27.5 Å². The molecular weight excluding hydrogens is 320 g/mol. The van der Waals surface area contributed by atoms with Crippen LogP contribution in [0, 0.1) is 0 Å². The average molecular weight is 334 g/mol. The largest absolute Gasteiger partial charge is 0.372 e. The first-order valence-electron chi connectivity index (χ1n) is 6.21. The van der Waals surface area contributed by atoms with Crippen molar-refractivity contribution in [3.8, 4) is 0 Å². The van der Waals surface area contributed by atoms with Gasteiger partial charge >= 0.3 is 0 Å². The molecule has 2 atom stereocenters. The maximum absolute atomic E-state index is 6.02. The van der Waals surface area contributed by atoms with Crippen molar-refractivity contribution in [2.45, 2.75) is 37.9 Å². The highest BCUT2D eigenvalue weighted by atomic mass is 79.9. The van der Waals surface area contributed by atoms with Crippen LogP contribution in [0.2, 0.25) is 5.28 Å². The SMILES string of the molecule is Clc1nc([C@@H]2CCCO2)c(Br)c([C@H]2CCCO2)n1. The molecule has 98 valence electrons. The van der Waals surface area contributed by atoms with Crippen LogP contribution in [-0.2, 0) is 9.47 Å². The standard InChI is InChI=1S/C12H14BrClN2O2/c13-9-10(7-3-1-5-17-7)15-12(14)16-11(9)8-4-2-6-18-8/h7-8H,1-6H2/t7-,8+. The van der Waals surface area contributed by atoms with Gasteiger partial charge in [0.2, 0.25) is 5.28 Å². The van der Waals surface area contributed by atoms with Gasteiger partial charge in [0.15, 0.2) is 0 Å². The van der Waals surface area contributed by atoms with Crippen LogP contribution in [-0.4, -0.2) is 23.2 Å². The summed E-state index contributed by atoms with van der Waals surface area (Å²) in [6, 6.07) is 0. The monoisotopic (exact) mass is 332 g/mol. The Morgan fingerprint density at radius 2 is 1.50 bits per heavy atom. The highest BCUT2D eigenvalue weighted by Crippen LogP contribution is 2.38. The van der Waals surface area contributed by atoms with Crippen LogP contribution in [0.25, 0.3) is 0 Å². The average Bonchev–Trinajstić information content (AvgIpc) is 3.02. The maximum atomic E-state index is 6.02. The molecule has 1 aromatic rings. The fourth-order valence-electron chi connectivity index (χ4n) is 2.47. The quantitative estimate of drug-likeness (QED) is 0.776. The highest BCUT2D eigenvalue weighted by molar-refractivity contribution is 9.10. The second kappa shape index (κ2) is 5.41. The van der Waals surface area contributed by atoms with Crippen molar-refractivity contribution < 1.29 is 9.47 Å². The van der Waals surface area contributed by atoms with E-state index in [0.717, 1.165) is 54.8 Å². The zero-order chi connectivity index (χ0) is 12.5. The molecule has 0 amide bonds. The lowest BCUT2D eigenvalue weighted by atomic mass is 10.1. The molecule has 0 saturated carbocycles. The van der Waals surface area contributed by atoms with Gasteiger partial charge < -0.3 is 9.47 Å². The first kappa shape index (κ1) is 12.8. The molecule has 18 heavy (non-hydrogen) atoms. The summed E-state index contributed by atoms with van der Waals surface area (Å²) in [5.41, 5.74) is 1.72. The van der Waals surface area contributed by atoms with E-state index in [4.69, 9.17) is 21.1 Å². The van der Waals surface area contributed by atoms with Crippen molar-refractivity contribution in [3.05, 3.63) is 21.1 Å². The maximum Gasteiger partial charge on any atom is 0.223 e. The smallest absolute Gasteiger partial charge is 0.223 e. The number of hydrogen-bond donors (Lipinski definition) is 0. The molecule has 3 rings (SSSR count). The number of rotatable bonds is 2. The van der Waals surface area contributed by atoms with Gasteiger partial charge in [-0.1, -0.05) is 0 Å². The first-order valence-corrected chi connectivity index (χ1v) is 7.39. The molecule has 0 unspecified atom stereocenters. The molecule has 4 nitrogen and oxygen atoms in total. The van der Waals surface area contributed by atoms with E-state index in [-0.39, 0.29) is 17.5 Å². The van der Waals surface area contributed by atoms with Crippen LogP contribution in [0.5, 0.6) is 0 Å². The number of ether oxygens (including phenoxy) is 2. The zero-order valence-electron chi connectivity index (χ0n) is 9.86. The summed E-state index contributed by atoms with van der Waals surface area (Å²) in [5.74, 6) is 0. The molecule has 0 aromatic carbocycles. The Morgan fingerprint density at radius 1 is 1.00 bits per heavy atom. The minimum absolute atomic E-state index is 0.0278. The van der Waals surface area contributed by atoms with Crippen molar-refractivity contribution in [1.82, 2.24) is 9.97 Å². The fraction of sp³-hybridized carbons (Fsp3) is 0.667. The Kier molecular flexibility index (Phi) is 3.84. The summed E-state index contributed by atoms with van der Waals surface area (Å²) in [6.07, 6.45) is 4.15. The number of aromatic nitrogens is 2. The van der Waals surface area contributed by atoms with E-state index in [1.807, 2.05) is 0 Å². The third kappa shape index (κ3) is 2.41. The van der Waals surface area contributed by atoms with E-state index in [1.165, 1.54) is 0 Å². The molecule has 0 N–H and O–H groups in total. The molecule has 2 aliphatic heterocycles. The van der Waals surface area contributed by atoms with Gasteiger partial charge in [-0.2, -0.15) is 0 Å². The molecule has 2 saturated heterocycles. The zero-order valence-corrected chi connectivity index (χ0v) is 12.2. The van der Waals surface area contributed by atoms with Crippen LogP contribution in [0.15, 0.2) is 4.47 Å². The molecule has 2 fully saturated rings. The Labute approximate surface area is 119 Å². The Morgan fingerprint density at radius 3 is 1.89 bits per heavy atom. The Balaban J connectivity index is 1.98. The van der Waals surface area contributed by atoms with Crippen LogP contribution < -0.4 is 0 Å². The van der Waals surface area contributed by atoms with E-state index >= 15 is 0 Å². The van der Waals surface area contributed by atoms with Crippen LogP contribution in [0.1, 0.15) is 49.3 Å². The minimum atomic E-state index is 0.0278. The van der Waals surface area contributed by atoms with E-state index in [1.54, 1.807) is 0 Å². The van der Waals surface area contributed by atoms with E-state index in [2.05, 4.69) is 25.9 Å². The molecule has 0 bridgehead atoms. The van der Waals surface area contributed by atoms with Gasteiger partial charge in [-0.3, -0.25) is 0 Å². The first-order chi connectivity index (χ1) is 8.75. The summed E-state index contributed by atoms with van der Waals surface area (Å²) in [5, 5.41) is 0.272. The molecule has 0 radical (unpaired) electrons. The molecule has 1 aromatic heterocycles. The summed E-state index contributed by atoms with van der Waals surface area (Å²) in [6.45, 7) is 1.57. The van der Waals surface area contributed by atoms with Crippen molar-refractivity contribution in [3.63, 3.8) is 0 Å². The van der Waals surface area contributed by atoms with Crippen molar-refractivity contribution in [1.29, 1.82) is 0 Å². The molecule has 3 heterocycles. The minimum Gasteiger partial charge on any atom is -0.372 e. The van der Waals surface area contributed by atoms with Crippen molar-refractivity contribution in [2.24, 2.45) is 0 Å². The van der Waals surface area contributed by atoms with Crippen LogP contribution in [0.3, 0.4) is 0 Å². The number of hydrogen-bond acceptors (Lipinski definition) is 4. The topological polar surface area (TPSA) is 44.2 Å². The molecular formula is C12H14BrClN2O2. The Bertz CT molecular complexity index is 409. The molecule has 0 aliphatic carbocycles. The summed E-state index contributed by atoms with van der Waals surface area (Å²) < 4.78 is 12.2. The number of nitrogens with zero attached hydrogens (tertiary/aromatic N) is 2. The lowest BCUT2D eigenvalue weighted by molar-refractivity contribution is 0.101. The molecule has 0 spiro atoms. The second-order valence-corrected chi connectivity index (χ2v) is 5.71. The molecule has 6 heteroatoms. The van der Waals surface area contributed by atoms with Gasteiger partial charge in [-0.05, 0) is 53.2 Å². The fourth-order valence-corrected chi connectivity index (χ4v) is 3.34. The molecule has 2 aliphatic rings. The van der Waals surface area contributed by atoms with Gasteiger partial charge in [0.25, 0.3) is 0 Å². The van der Waals surface area contributed by atoms with Crippen LogP contribution >= 0.6 is 27.5 Å². The normalized spacial score (nSPS) is 27.9. The predicted octanol–water partition coefficient (Wildman–Crippen LogP) is 3.60. The predicted molar refractivity (Wildman–Crippen MR) is 70.6 cm³/mol. The summed E-state index contributed by atoms with van der Waals surface area (Å²) >= 11 is 9.62. The van der Waals surface area contributed by atoms with Gasteiger partial charge in [0.1, 0.15) is 12.2 Å². The lowest BCUT2D eigenvalue weighted by Gasteiger charge is -2.16. The summed E-state index contributed by atoms with van der Waals surface area (Å²) in [7, 11) is 0. The summed E-state index contributed by atoms with van der Waals surface area (Å²) in [4.78, 5) is 8.63. The highest BCUT2D eigenvalue weighted by Gasteiger charge is 2.28. The van der Waals surface area contributed by atoms with Gasteiger partial charge in [0.05, 0.1) is 15.9 Å². The van der Waals surface area contributed by atoms with E-state index in [9.17, 15) is 0 Å². The number of halogens is 2. The van der Waals surface area contributed by atoms with E-state index < -0.39 is 0 Å². The van der Waals surface area contributed by atoms with E-state index in [0.29, 0.717) is 0 Å². The van der Waals surface area contributed by atoms with Crippen molar-refractivity contribution in [2.75, 3.05) is 13.2 Å². The second-order valence-electron chi connectivity index (χ2n) is 4.58.